The fourth-order valence-corrected chi connectivity index (χ4v) is 3.08. The summed E-state index contributed by atoms with van der Waals surface area (Å²) < 4.78 is 0. The number of carbonyl (C=O) groups is 1. The van der Waals surface area contributed by atoms with Gasteiger partial charge in [-0.15, -0.1) is 0 Å². The molecule has 0 aliphatic heterocycles. The molecule has 0 unspecified atom stereocenters. The van der Waals surface area contributed by atoms with Gasteiger partial charge in [-0.1, -0.05) is 71.4 Å². The fourth-order valence-electron chi connectivity index (χ4n) is 2.13. The molecule has 0 bridgehead atoms. The van der Waals surface area contributed by atoms with Gasteiger partial charge in [0, 0.05) is 11.4 Å². The number of thioether (sulfide) groups is 1. The number of hydrogen-bond acceptors (Lipinski definition) is 4. The van der Waals surface area contributed by atoms with E-state index >= 15 is 0 Å². The van der Waals surface area contributed by atoms with E-state index in [9.17, 15) is 4.79 Å². The number of nitrogens with one attached hydrogen (secondary N) is 1. The zero-order valence-electron chi connectivity index (χ0n) is 13.6. The monoisotopic (exact) mass is 369 g/mol. The van der Waals surface area contributed by atoms with Gasteiger partial charge in [-0.05, 0) is 24.6 Å². The minimum atomic E-state index is -0.349. The van der Waals surface area contributed by atoms with Gasteiger partial charge in [-0.2, -0.15) is 0 Å². The number of anilines is 1. The third-order valence-corrected chi connectivity index (χ3v) is 4.67. The lowest BCUT2D eigenvalue weighted by Gasteiger charge is -2.08. The van der Waals surface area contributed by atoms with Crippen molar-refractivity contribution in [3.05, 3.63) is 82.6 Å². The molecule has 126 valence electrons. The average Bonchev–Trinajstić information content (AvgIpc) is 2.64. The van der Waals surface area contributed by atoms with Gasteiger partial charge in [-0.25, -0.2) is 9.97 Å². The van der Waals surface area contributed by atoms with Crippen LogP contribution in [-0.4, -0.2) is 15.9 Å². The van der Waals surface area contributed by atoms with Gasteiger partial charge in [-0.3, -0.25) is 4.79 Å². The maximum Gasteiger partial charge on any atom is 0.275 e. The van der Waals surface area contributed by atoms with Crippen molar-refractivity contribution < 1.29 is 4.79 Å². The molecule has 25 heavy (non-hydrogen) atoms. The Bertz CT molecular complexity index is 870. The van der Waals surface area contributed by atoms with Crippen LogP contribution in [0.4, 0.5) is 5.69 Å². The number of hydrogen-bond donors (Lipinski definition) is 1. The number of amides is 1. The van der Waals surface area contributed by atoms with Crippen molar-refractivity contribution in [2.45, 2.75) is 17.8 Å². The Morgan fingerprint density at radius 2 is 1.84 bits per heavy atom. The van der Waals surface area contributed by atoms with E-state index in [1.165, 1.54) is 18.0 Å². The highest BCUT2D eigenvalue weighted by Crippen LogP contribution is 2.22. The molecule has 0 aliphatic carbocycles. The molecule has 0 atom stereocenters. The number of aryl methyl sites for hydroxylation is 1. The van der Waals surface area contributed by atoms with E-state index < -0.39 is 0 Å². The summed E-state index contributed by atoms with van der Waals surface area (Å²) >= 11 is 7.57. The lowest BCUT2D eigenvalue weighted by molar-refractivity contribution is 0.102. The Kier molecular flexibility index (Phi) is 5.68. The normalized spacial score (nSPS) is 10.5. The second-order valence-electron chi connectivity index (χ2n) is 5.44. The van der Waals surface area contributed by atoms with E-state index in [0.29, 0.717) is 10.8 Å². The second kappa shape index (κ2) is 8.14. The highest BCUT2D eigenvalue weighted by atomic mass is 35.5. The number of nitrogens with zero attached hydrogens (tertiary/aromatic N) is 2. The van der Waals surface area contributed by atoms with Gasteiger partial charge >= 0.3 is 0 Å². The van der Waals surface area contributed by atoms with Crippen molar-refractivity contribution in [2.24, 2.45) is 0 Å². The quantitative estimate of drug-likeness (QED) is 0.509. The van der Waals surface area contributed by atoms with Crippen molar-refractivity contribution in [1.82, 2.24) is 9.97 Å². The van der Waals surface area contributed by atoms with Crippen LogP contribution in [0.25, 0.3) is 0 Å². The third kappa shape index (κ3) is 4.81. The van der Waals surface area contributed by atoms with Crippen LogP contribution >= 0.6 is 23.4 Å². The first-order valence-electron chi connectivity index (χ1n) is 7.69. The molecule has 3 aromatic rings. The molecule has 3 rings (SSSR count). The lowest BCUT2D eigenvalue weighted by Crippen LogP contribution is -2.15. The van der Waals surface area contributed by atoms with Crippen LogP contribution in [0.2, 0.25) is 5.02 Å². The van der Waals surface area contributed by atoms with Crippen molar-refractivity contribution in [2.75, 3.05) is 5.32 Å². The van der Waals surface area contributed by atoms with Gasteiger partial charge in [0.1, 0.15) is 0 Å². The molecule has 0 spiro atoms. The van der Waals surface area contributed by atoms with Crippen LogP contribution in [0.3, 0.4) is 0 Å². The minimum Gasteiger partial charge on any atom is -0.321 e. The van der Waals surface area contributed by atoms with Gasteiger partial charge in [0.15, 0.2) is 10.9 Å². The molecule has 2 aromatic carbocycles. The third-order valence-electron chi connectivity index (χ3n) is 3.46. The van der Waals surface area contributed by atoms with Gasteiger partial charge in [0.05, 0.1) is 11.2 Å². The van der Waals surface area contributed by atoms with Crippen molar-refractivity contribution in [1.29, 1.82) is 0 Å². The number of benzene rings is 2. The van der Waals surface area contributed by atoms with Crippen LogP contribution in [-0.2, 0) is 5.75 Å². The molecule has 0 saturated heterocycles. The molecule has 1 N–H and O–H groups in total. The molecule has 4 nitrogen and oxygen atoms in total. The van der Waals surface area contributed by atoms with Gasteiger partial charge in [0.2, 0.25) is 0 Å². The Morgan fingerprint density at radius 3 is 2.56 bits per heavy atom. The van der Waals surface area contributed by atoms with E-state index in [-0.39, 0.29) is 16.6 Å². The number of carbonyl (C=O) groups excluding carboxylic acids is 1. The standard InChI is InChI=1S/C19H16ClN3OS/c1-13-7-9-15(10-8-13)22-18(24)17-16(20)11-21-19(23-17)25-12-14-5-3-2-4-6-14/h2-11H,12H2,1H3,(H,22,24). The second-order valence-corrected chi connectivity index (χ2v) is 6.79. The molecular formula is C19H16ClN3OS. The Labute approximate surface area is 155 Å². The van der Waals surface area contributed by atoms with Crippen LogP contribution in [0.1, 0.15) is 21.6 Å². The van der Waals surface area contributed by atoms with Crippen LogP contribution < -0.4 is 5.32 Å². The summed E-state index contributed by atoms with van der Waals surface area (Å²) in [5.41, 5.74) is 3.16. The van der Waals surface area contributed by atoms with E-state index in [1.54, 1.807) is 0 Å². The molecule has 1 heterocycles. The van der Waals surface area contributed by atoms with Crippen molar-refractivity contribution in [3.8, 4) is 0 Å². The molecule has 0 aliphatic rings. The van der Waals surface area contributed by atoms with E-state index in [0.717, 1.165) is 16.9 Å². The summed E-state index contributed by atoms with van der Waals surface area (Å²) in [5, 5.41) is 3.55. The molecular weight excluding hydrogens is 354 g/mol. The van der Waals surface area contributed by atoms with E-state index in [1.807, 2.05) is 61.5 Å². The Balaban J connectivity index is 1.72. The summed E-state index contributed by atoms with van der Waals surface area (Å²) in [6.45, 7) is 1.99. The smallest absolute Gasteiger partial charge is 0.275 e. The van der Waals surface area contributed by atoms with Crippen molar-refractivity contribution in [3.63, 3.8) is 0 Å². The Hall–Kier alpha value is -2.37. The Morgan fingerprint density at radius 1 is 1.12 bits per heavy atom. The highest BCUT2D eigenvalue weighted by Gasteiger charge is 2.15. The van der Waals surface area contributed by atoms with Crippen molar-refractivity contribution >= 4 is 35.0 Å². The number of halogens is 1. The molecule has 0 radical (unpaired) electrons. The summed E-state index contributed by atoms with van der Waals surface area (Å²) in [6.07, 6.45) is 1.46. The lowest BCUT2D eigenvalue weighted by atomic mass is 10.2. The van der Waals surface area contributed by atoms with Gasteiger partial charge < -0.3 is 5.32 Å². The number of rotatable bonds is 5. The summed E-state index contributed by atoms with van der Waals surface area (Å²) in [4.78, 5) is 21.0. The molecule has 1 aromatic heterocycles. The van der Waals surface area contributed by atoms with Crippen LogP contribution in [0.15, 0.2) is 66.0 Å². The first kappa shape index (κ1) is 17.5. The largest absolute Gasteiger partial charge is 0.321 e. The topological polar surface area (TPSA) is 54.9 Å². The summed E-state index contributed by atoms with van der Waals surface area (Å²) in [7, 11) is 0. The van der Waals surface area contributed by atoms with E-state index in [4.69, 9.17) is 11.6 Å². The first-order chi connectivity index (χ1) is 12.1. The zero-order valence-corrected chi connectivity index (χ0v) is 15.1. The number of aromatic nitrogens is 2. The predicted octanol–water partition coefficient (Wildman–Crippen LogP) is 4.98. The maximum atomic E-state index is 12.5. The molecule has 1 amide bonds. The van der Waals surface area contributed by atoms with Gasteiger partial charge in [0.25, 0.3) is 5.91 Å². The molecule has 0 saturated carbocycles. The SMILES string of the molecule is Cc1ccc(NC(=O)c2nc(SCc3ccccc3)ncc2Cl)cc1. The molecule has 6 heteroatoms. The average molecular weight is 370 g/mol. The summed E-state index contributed by atoms with van der Waals surface area (Å²) in [5.74, 6) is 0.374. The molecule has 0 fully saturated rings. The zero-order chi connectivity index (χ0) is 17.6. The van der Waals surface area contributed by atoms with E-state index in [2.05, 4.69) is 15.3 Å². The summed E-state index contributed by atoms with van der Waals surface area (Å²) in [6, 6.07) is 17.6. The minimum absolute atomic E-state index is 0.174. The highest BCUT2D eigenvalue weighted by molar-refractivity contribution is 7.98. The maximum absolute atomic E-state index is 12.5. The predicted molar refractivity (Wildman–Crippen MR) is 102 cm³/mol. The fraction of sp³-hybridized carbons (Fsp3) is 0.105. The first-order valence-corrected chi connectivity index (χ1v) is 9.05. The van der Waals surface area contributed by atoms with Crippen LogP contribution in [0, 0.1) is 6.92 Å². The van der Waals surface area contributed by atoms with Crippen LogP contribution in [0.5, 0.6) is 0 Å².